The molecular weight excluding hydrogens is 206 g/mol. The molecule has 10 heteroatoms. The maximum absolute atomic E-state index is 8.58. The number of nitrogens with two attached hydrogens (primary N) is 3. The molecule has 0 aromatic heterocycles. The Morgan fingerprint density at radius 3 is 0.692 bits per heavy atom. The van der Waals surface area contributed by atoms with E-state index in [-0.39, 0.29) is 19.2 Å². The number of rotatable bonds is 0. The molecule has 0 atom stereocenters. The van der Waals surface area contributed by atoms with Crippen LogP contribution in [0.5, 0.6) is 0 Å². The molecule has 0 fully saturated rings. The summed E-state index contributed by atoms with van der Waals surface area (Å²) in [5.74, 6) is 0. The Morgan fingerprint density at radius 2 is 0.692 bits per heavy atom. The fourth-order valence-electron chi connectivity index (χ4n) is 0. The highest BCUT2D eigenvalue weighted by Gasteiger charge is 1.40. The predicted molar refractivity (Wildman–Crippen MR) is 40.5 cm³/mol. The zero-order valence-corrected chi connectivity index (χ0v) is 7.14. The molecule has 0 radical (unpaired) electrons. The van der Waals surface area contributed by atoms with E-state index < -0.39 is 10.6 Å². The quantitative estimate of drug-likeness (QED) is 0.349. The summed E-state index contributed by atoms with van der Waals surface area (Å²) in [6.07, 6.45) is 0.750. The molecule has 3 amide bonds. The number of primary amides is 3. The van der Waals surface area contributed by atoms with Crippen LogP contribution >= 0.6 is 0 Å². The molecule has 0 bridgehead atoms. The minimum Gasteiger partial charge on any atom is -0.372 e. The van der Waals surface area contributed by atoms with Crippen LogP contribution in [0.2, 0.25) is 0 Å². The Kier molecular flexibility index (Phi) is 87.0. The van der Waals surface area contributed by atoms with Crippen LogP contribution in [-0.2, 0) is 25.0 Å². The number of carbonyl (C=O) groups is 3. The van der Waals surface area contributed by atoms with Gasteiger partial charge in [-0.15, -0.1) is 12.6 Å². The van der Waals surface area contributed by atoms with Gasteiger partial charge in [-0.25, -0.2) is 0 Å². The van der Waals surface area contributed by atoms with E-state index in [2.05, 4.69) is 17.2 Å². The molecule has 0 saturated carbocycles. The number of hydrogen-bond donors (Lipinski definition) is 3. The highest BCUT2D eigenvalue weighted by atomic mass is 32.2. The van der Waals surface area contributed by atoms with E-state index >= 15 is 0 Å². The summed E-state index contributed by atoms with van der Waals surface area (Å²) in [6, 6.07) is 0. The predicted octanol–water partition coefficient (Wildman–Crippen LogP) is -3.70. The SMILES string of the molecule is NC=O.NC=O.NC=O.O=S(=O)=O. The zero-order valence-electron chi connectivity index (χ0n) is 6.32. The summed E-state index contributed by atoms with van der Waals surface area (Å²) in [4.78, 5) is 25.8. The van der Waals surface area contributed by atoms with Crippen molar-refractivity contribution in [3.05, 3.63) is 0 Å². The topological polar surface area (TPSA) is 180 Å². The van der Waals surface area contributed by atoms with Gasteiger partial charge in [0.25, 0.3) is 0 Å². The van der Waals surface area contributed by atoms with Crippen LogP contribution in [0.25, 0.3) is 0 Å². The standard InChI is InChI=1S/3CH3NO.O3S/c3*2-1-3;1-4(2)3/h3*1H,(H2,2,3);. The van der Waals surface area contributed by atoms with Gasteiger partial charge in [0, 0.05) is 0 Å². The Balaban J connectivity index is -0.0000000420. The van der Waals surface area contributed by atoms with Crippen LogP contribution in [0.4, 0.5) is 0 Å². The normalized spacial score (nSPS) is 4.62. The lowest BCUT2D eigenvalue weighted by Crippen LogP contribution is -1.82. The second-order valence-electron chi connectivity index (χ2n) is 0.612. The third-order valence-corrected chi connectivity index (χ3v) is 0. The number of amides is 3. The smallest absolute Gasteiger partial charge is 0.372 e. The van der Waals surface area contributed by atoms with E-state index in [1.54, 1.807) is 0 Å². The number of carbonyl (C=O) groups excluding carboxylic acids is 3. The third-order valence-electron chi connectivity index (χ3n) is 0. The van der Waals surface area contributed by atoms with Crippen molar-refractivity contribution in [2.24, 2.45) is 17.2 Å². The van der Waals surface area contributed by atoms with E-state index in [4.69, 9.17) is 27.0 Å². The molecule has 13 heavy (non-hydrogen) atoms. The van der Waals surface area contributed by atoms with Crippen LogP contribution in [0.1, 0.15) is 0 Å². The van der Waals surface area contributed by atoms with Crippen LogP contribution in [-0.4, -0.2) is 31.9 Å². The van der Waals surface area contributed by atoms with Gasteiger partial charge in [0.15, 0.2) is 0 Å². The lowest BCUT2D eigenvalue weighted by Gasteiger charge is -1.32. The van der Waals surface area contributed by atoms with Crippen molar-refractivity contribution in [1.82, 2.24) is 0 Å². The number of hydrogen-bond acceptors (Lipinski definition) is 6. The molecule has 0 aromatic rings. The molecule has 0 aliphatic carbocycles. The van der Waals surface area contributed by atoms with Gasteiger partial charge in [-0.1, -0.05) is 0 Å². The van der Waals surface area contributed by atoms with Crippen molar-refractivity contribution in [2.45, 2.75) is 0 Å². The first kappa shape index (κ1) is 22.5. The van der Waals surface area contributed by atoms with Crippen molar-refractivity contribution >= 4 is 29.8 Å². The Bertz CT molecular complexity index is 175. The first-order chi connectivity index (χ1) is 5.97. The largest absolute Gasteiger partial charge is 0.425 e. The molecular formula is C3H9N3O6S. The second kappa shape index (κ2) is 50.4. The molecule has 0 unspecified atom stereocenters. The van der Waals surface area contributed by atoms with Crippen molar-refractivity contribution < 1.29 is 27.0 Å². The van der Waals surface area contributed by atoms with Gasteiger partial charge in [-0.2, -0.15) is 0 Å². The Morgan fingerprint density at radius 1 is 0.692 bits per heavy atom. The summed E-state index contributed by atoms with van der Waals surface area (Å²) >= 11 is 0. The van der Waals surface area contributed by atoms with E-state index in [0.717, 1.165) is 0 Å². The summed E-state index contributed by atoms with van der Waals surface area (Å²) in [5.41, 5.74) is 12.5. The zero-order chi connectivity index (χ0) is 11.7. The molecule has 0 rings (SSSR count). The highest BCUT2D eigenvalue weighted by molar-refractivity contribution is 7.59. The van der Waals surface area contributed by atoms with Gasteiger partial charge >= 0.3 is 10.6 Å². The maximum Gasteiger partial charge on any atom is 0.425 e. The summed E-state index contributed by atoms with van der Waals surface area (Å²) in [5, 5.41) is 0. The van der Waals surface area contributed by atoms with Crippen molar-refractivity contribution in [3.63, 3.8) is 0 Å². The average molecular weight is 215 g/mol. The van der Waals surface area contributed by atoms with E-state index in [0.29, 0.717) is 0 Å². The van der Waals surface area contributed by atoms with Crippen LogP contribution in [0, 0.1) is 0 Å². The van der Waals surface area contributed by atoms with Crippen LogP contribution in [0.3, 0.4) is 0 Å². The van der Waals surface area contributed by atoms with E-state index in [1.165, 1.54) is 0 Å². The minimum absolute atomic E-state index is 0.250. The lowest BCUT2D eigenvalue weighted by molar-refractivity contribution is -0.107. The highest BCUT2D eigenvalue weighted by Crippen LogP contribution is 1.07. The van der Waals surface area contributed by atoms with Gasteiger partial charge in [-0.3, -0.25) is 14.4 Å². The molecule has 0 heterocycles. The fourth-order valence-corrected chi connectivity index (χ4v) is 0. The fraction of sp³-hybridized carbons (Fsp3) is 0. The molecule has 6 N–H and O–H groups in total. The minimum atomic E-state index is -3.11. The molecule has 0 aliphatic rings. The van der Waals surface area contributed by atoms with Crippen LogP contribution < -0.4 is 17.2 Å². The monoisotopic (exact) mass is 215 g/mol. The Hall–Kier alpha value is -1.97. The molecule has 0 aliphatic heterocycles. The first-order valence-corrected chi connectivity index (χ1v) is 3.21. The van der Waals surface area contributed by atoms with Gasteiger partial charge < -0.3 is 17.2 Å². The molecule has 0 saturated heterocycles. The van der Waals surface area contributed by atoms with Crippen molar-refractivity contribution in [1.29, 1.82) is 0 Å². The molecule has 0 spiro atoms. The average Bonchev–Trinajstić information content (AvgIpc) is 1.88. The van der Waals surface area contributed by atoms with Gasteiger partial charge in [0.05, 0.1) is 0 Å². The van der Waals surface area contributed by atoms with Gasteiger partial charge in [0.2, 0.25) is 19.2 Å². The summed E-state index contributed by atoms with van der Waals surface area (Å²) in [7, 11) is -3.11. The van der Waals surface area contributed by atoms with Crippen molar-refractivity contribution in [3.8, 4) is 0 Å². The van der Waals surface area contributed by atoms with Gasteiger partial charge in [-0.05, 0) is 0 Å². The maximum atomic E-state index is 8.58. The van der Waals surface area contributed by atoms with E-state index in [1.807, 2.05) is 0 Å². The summed E-state index contributed by atoms with van der Waals surface area (Å²) in [6.45, 7) is 0. The lowest BCUT2D eigenvalue weighted by atomic mass is 11.5. The van der Waals surface area contributed by atoms with Gasteiger partial charge in [0.1, 0.15) is 0 Å². The molecule has 9 nitrogen and oxygen atoms in total. The van der Waals surface area contributed by atoms with Crippen molar-refractivity contribution in [2.75, 3.05) is 0 Å². The second-order valence-corrected chi connectivity index (χ2v) is 1.02. The van der Waals surface area contributed by atoms with E-state index in [9.17, 15) is 0 Å². The molecule has 0 aromatic carbocycles. The first-order valence-electron chi connectivity index (χ1n) is 2.21. The molecule has 78 valence electrons. The third kappa shape index (κ3) is 167. The Labute approximate surface area is 74.9 Å². The summed E-state index contributed by atoms with van der Waals surface area (Å²) < 4.78 is 25.3. The van der Waals surface area contributed by atoms with Crippen LogP contribution in [0.15, 0.2) is 0 Å².